The summed E-state index contributed by atoms with van der Waals surface area (Å²) in [5.74, 6) is 0.301. The first-order chi connectivity index (χ1) is 9.68. The zero-order valence-electron chi connectivity index (χ0n) is 11.7. The van der Waals surface area contributed by atoms with Crippen LogP contribution >= 0.6 is 11.3 Å². The summed E-state index contributed by atoms with van der Waals surface area (Å²) in [4.78, 5) is 19.4. The van der Waals surface area contributed by atoms with Gasteiger partial charge in [0.25, 0.3) is 5.91 Å². The lowest BCUT2D eigenvalue weighted by Gasteiger charge is -2.22. The van der Waals surface area contributed by atoms with Gasteiger partial charge >= 0.3 is 0 Å². The molecule has 0 saturated carbocycles. The van der Waals surface area contributed by atoms with E-state index in [1.807, 2.05) is 21.7 Å². The molecule has 20 heavy (non-hydrogen) atoms. The maximum atomic E-state index is 12.2. The van der Waals surface area contributed by atoms with E-state index in [1.165, 1.54) is 12.8 Å². The highest BCUT2D eigenvalue weighted by Crippen LogP contribution is 2.12. The Morgan fingerprint density at radius 1 is 1.40 bits per heavy atom. The Morgan fingerprint density at radius 3 is 2.70 bits per heavy atom. The van der Waals surface area contributed by atoms with E-state index in [-0.39, 0.29) is 5.91 Å². The minimum atomic E-state index is -0.592. The van der Waals surface area contributed by atoms with Crippen molar-refractivity contribution in [2.75, 3.05) is 13.1 Å². The van der Waals surface area contributed by atoms with Gasteiger partial charge in [-0.1, -0.05) is 18.0 Å². The molecule has 5 nitrogen and oxygen atoms in total. The quantitative estimate of drug-likeness (QED) is 0.526. The molecule has 1 unspecified atom stereocenters. The standard InChI is InChI=1S/C14H21N3O2S/c1-11(14(18)17-7-4-2-3-5-8-17)19-16-13(15)12-6-9-20-10-12/h6,9-11H,2-5,7-8H2,1H3,(H2,15,16). The number of nitrogens with two attached hydrogens (primary N) is 1. The van der Waals surface area contributed by atoms with E-state index in [0.717, 1.165) is 31.5 Å². The molecular weight excluding hydrogens is 274 g/mol. The van der Waals surface area contributed by atoms with Crippen molar-refractivity contribution < 1.29 is 9.63 Å². The number of oxime groups is 1. The third-order valence-electron chi connectivity index (χ3n) is 3.39. The average molecular weight is 295 g/mol. The number of carbonyl (C=O) groups excluding carboxylic acids is 1. The molecule has 0 aromatic carbocycles. The minimum absolute atomic E-state index is 0.00577. The normalized spacial score (nSPS) is 18.4. The number of rotatable bonds is 4. The second kappa shape index (κ2) is 7.28. The molecule has 1 saturated heterocycles. The Labute approximate surface area is 123 Å². The molecule has 1 amide bonds. The van der Waals surface area contributed by atoms with Gasteiger partial charge < -0.3 is 15.5 Å². The van der Waals surface area contributed by atoms with E-state index in [9.17, 15) is 4.79 Å². The maximum absolute atomic E-state index is 12.2. The van der Waals surface area contributed by atoms with Gasteiger partial charge in [-0.3, -0.25) is 4.79 Å². The van der Waals surface area contributed by atoms with E-state index in [2.05, 4.69) is 5.16 Å². The van der Waals surface area contributed by atoms with E-state index >= 15 is 0 Å². The molecule has 6 heteroatoms. The second-order valence-corrected chi connectivity index (χ2v) is 5.76. The van der Waals surface area contributed by atoms with E-state index in [4.69, 9.17) is 10.6 Å². The predicted molar refractivity (Wildman–Crippen MR) is 80.6 cm³/mol. The molecule has 0 spiro atoms. The lowest BCUT2D eigenvalue weighted by Crippen LogP contribution is -2.39. The number of hydrogen-bond acceptors (Lipinski definition) is 4. The van der Waals surface area contributed by atoms with Crippen molar-refractivity contribution in [3.8, 4) is 0 Å². The van der Waals surface area contributed by atoms with Gasteiger partial charge in [-0.2, -0.15) is 11.3 Å². The van der Waals surface area contributed by atoms with Gasteiger partial charge in [0.2, 0.25) is 6.10 Å². The molecule has 1 fully saturated rings. The average Bonchev–Trinajstić information content (AvgIpc) is 2.86. The van der Waals surface area contributed by atoms with Crippen molar-refractivity contribution in [1.82, 2.24) is 4.90 Å². The van der Waals surface area contributed by atoms with Gasteiger partial charge in [-0.15, -0.1) is 0 Å². The number of thiophene rings is 1. The zero-order valence-corrected chi connectivity index (χ0v) is 12.6. The predicted octanol–water partition coefficient (Wildman–Crippen LogP) is 2.18. The van der Waals surface area contributed by atoms with Gasteiger partial charge in [-0.05, 0) is 31.2 Å². The van der Waals surface area contributed by atoms with Crippen LogP contribution in [-0.4, -0.2) is 35.8 Å². The van der Waals surface area contributed by atoms with E-state index < -0.39 is 6.10 Å². The fraction of sp³-hybridized carbons (Fsp3) is 0.571. The summed E-state index contributed by atoms with van der Waals surface area (Å²) in [7, 11) is 0. The topological polar surface area (TPSA) is 67.9 Å². The SMILES string of the molecule is CC(O/N=C(\N)c1ccsc1)C(=O)N1CCCCCC1. The van der Waals surface area contributed by atoms with Crippen molar-refractivity contribution in [2.24, 2.45) is 10.9 Å². The van der Waals surface area contributed by atoms with E-state index in [1.54, 1.807) is 18.3 Å². The molecule has 1 atom stereocenters. The monoisotopic (exact) mass is 295 g/mol. The summed E-state index contributed by atoms with van der Waals surface area (Å²) in [6.45, 7) is 3.35. The molecule has 2 heterocycles. The molecule has 2 N–H and O–H groups in total. The van der Waals surface area contributed by atoms with Crippen LogP contribution in [0, 0.1) is 0 Å². The lowest BCUT2D eigenvalue weighted by atomic mass is 10.2. The molecule has 2 rings (SSSR count). The van der Waals surface area contributed by atoms with Gasteiger partial charge in [-0.25, -0.2) is 0 Å². The molecule has 110 valence electrons. The van der Waals surface area contributed by atoms with Crippen LogP contribution in [0.15, 0.2) is 22.0 Å². The van der Waals surface area contributed by atoms with Crippen molar-refractivity contribution in [3.63, 3.8) is 0 Å². The Morgan fingerprint density at radius 2 is 2.10 bits per heavy atom. The Hall–Kier alpha value is -1.56. The number of carbonyl (C=O) groups is 1. The zero-order chi connectivity index (χ0) is 14.4. The summed E-state index contributed by atoms with van der Waals surface area (Å²) in [6.07, 6.45) is 3.94. The fourth-order valence-corrected chi connectivity index (χ4v) is 2.84. The van der Waals surface area contributed by atoms with Crippen molar-refractivity contribution >= 4 is 23.1 Å². The first-order valence-corrected chi connectivity index (χ1v) is 7.93. The molecule has 0 bridgehead atoms. The lowest BCUT2D eigenvalue weighted by molar-refractivity contribution is -0.142. The van der Waals surface area contributed by atoms with Crippen LogP contribution in [0.5, 0.6) is 0 Å². The third kappa shape index (κ3) is 3.96. The van der Waals surface area contributed by atoms with Crippen LogP contribution in [0.4, 0.5) is 0 Å². The van der Waals surface area contributed by atoms with E-state index in [0.29, 0.717) is 5.84 Å². The third-order valence-corrected chi connectivity index (χ3v) is 4.07. The smallest absolute Gasteiger partial charge is 0.266 e. The summed E-state index contributed by atoms with van der Waals surface area (Å²) in [5.41, 5.74) is 6.62. The first-order valence-electron chi connectivity index (χ1n) is 6.99. The summed E-state index contributed by atoms with van der Waals surface area (Å²) >= 11 is 1.54. The molecule has 0 radical (unpaired) electrons. The highest BCUT2D eigenvalue weighted by atomic mass is 32.1. The number of amidine groups is 1. The summed E-state index contributed by atoms with van der Waals surface area (Å²) in [5, 5.41) is 7.67. The van der Waals surface area contributed by atoms with Crippen LogP contribution in [0.3, 0.4) is 0 Å². The van der Waals surface area contributed by atoms with Crippen molar-refractivity contribution in [3.05, 3.63) is 22.4 Å². The largest absolute Gasteiger partial charge is 0.381 e. The van der Waals surface area contributed by atoms with Gasteiger partial charge in [0.05, 0.1) is 0 Å². The fourth-order valence-electron chi connectivity index (χ4n) is 2.19. The Kier molecular flexibility index (Phi) is 5.40. The van der Waals surface area contributed by atoms with Crippen LogP contribution in [-0.2, 0) is 9.63 Å². The molecule has 1 aromatic heterocycles. The second-order valence-electron chi connectivity index (χ2n) is 4.98. The van der Waals surface area contributed by atoms with Crippen LogP contribution in [0.2, 0.25) is 0 Å². The van der Waals surface area contributed by atoms with Crippen molar-refractivity contribution in [2.45, 2.75) is 38.7 Å². The summed E-state index contributed by atoms with van der Waals surface area (Å²) < 4.78 is 0. The Balaban J connectivity index is 1.88. The molecule has 0 aliphatic carbocycles. The summed E-state index contributed by atoms with van der Waals surface area (Å²) in [6, 6.07) is 1.87. The number of nitrogens with zero attached hydrogens (tertiary/aromatic N) is 2. The Bertz CT molecular complexity index is 451. The highest BCUT2D eigenvalue weighted by Gasteiger charge is 2.22. The van der Waals surface area contributed by atoms with Gasteiger partial charge in [0, 0.05) is 24.0 Å². The number of amides is 1. The van der Waals surface area contributed by atoms with Crippen LogP contribution in [0.25, 0.3) is 0 Å². The van der Waals surface area contributed by atoms with Gasteiger partial charge in [0.1, 0.15) is 0 Å². The number of hydrogen-bond donors (Lipinski definition) is 1. The molecule has 1 aliphatic heterocycles. The van der Waals surface area contributed by atoms with Gasteiger partial charge in [0.15, 0.2) is 5.84 Å². The molecular formula is C14H21N3O2S. The molecule has 1 aliphatic rings. The minimum Gasteiger partial charge on any atom is -0.381 e. The van der Waals surface area contributed by atoms with Crippen LogP contribution in [0.1, 0.15) is 38.2 Å². The van der Waals surface area contributed by atoms with Crippen molar-refractivity contribution in [1.29, 1.82) is 0 Å². The van der Waals surface area contributed by atoms with Crippen LogP contribution < -0.4 is 5.73 Å². The first kappa shape index (κ1) is 14.8. The molecule has 1 aromatic rings. The maximum Gasteiger partial charge on any atom is 0.266 e. The highest BCUT2D eigenvalue weighted by molar-refractivity contribution is 7.08. The number of likely N-dealkylation sites (tertiary alicyclic amines) is 1.